The normalized spacial score (nSPS) is 20.2. The number of carbonyl (C=O) groups excluding carboxylic acids is 1. The first-order valence-electron chi connectivity index (χ1n) is 3.82. The number of aliphatic imine (C=N–C) groups is 1. The summed E-state index contributed by atoms with van der Waals surface area (Å²) in [6.45, 7) is 0. The molecule has 0 aromatic carbocycles. The second-order valence-electron chi connectivity index (χ2n) is 2.47. The molecule has 0 amide bonds. The van der Waals surface area contributed by atoms with Crippen LogP contribution in [0, 0.1) is 5.92 Å². The maximum Gasteiger partial charge on any atom is 0.316 e. The van der Waals surface area contributed by atoms with Gasteiger partial charge in [-0.2, -0.15) is 0 Å². The van der Waals surface area contributed by atoms with E-state index in [-0.39, 0.29) is 17.9 Å². The molecule has 0 unspecified atom stereocenters. The lowest BCUT2D eigenvalue weighted by atomic mass is 10.0. The van der Waals surface area contributed by atoms with Gasteiger partial charge in [0.25, 0.3) is 0 Å². The summed E-state index contributed by atoms with van der Waals surface area (Å²) in [7, 11) is 1.37. The molecule has 0 bridgehead atoms. The number of ether oxygens (including phenoxy) is 1. The van der Waals surface area contributed by atoms with Crippen molar-refractivity contribution in [1.29, 1.82) is 0 Å². The Bertz CT molecular complexity index is 265. The van der Waals surface area contributed by atoms with Crippen molar-refractivity contribution in [2.45, 2.75) is 0 Å². The number of alkyl halides is 1. The molecule has 3 nitrogen and oxygen atoms in total. The molecule has 0 saturated carbocycles. The van der Waals surface area contributed by atoms with Gasteiger partial charge in [0.1, 0.15) is 6.00 Å². The van der Waals surface area contributed by atoms with Gasteiger partial charge in [0, 0.05) is 0 Å². The highest BCUT2D eigenvalue weighted by atomic mass is 35.5. The summed E-state index contributed by atoms with van der Waals surface area (Å²) in [4.78, 5) is 15.0. The standard InChI is InChI=1S/C9H10ClNO2/c1-13-9(12)7-2-4-8(5-3-7)11-6-10/h2-5,7H,6H2,1H3. The Morgan fingerprint density at radius 1 is 1.62 bits per heavy atom. The monoisotopic (exact) mass is 199 g/mol. The summed E-state index contributed by atoms with van der Waals surface area (Å²) in [6.07, 6.45) is 6.97. The number of hydrogen-bond donors (Lipinski definition) is 0. The van der Waals surface area contributed by atoms with E-state index in [0.29, 0.717) is 0 Å². The molecule has 0 heterocycles. The highest BCUT2D eigenvalue weighted by molar-refractivity contribution is 6.19. The third-order valence-electron chi connectivity index (χ3n) is 1.66. The van der Waals surface area contributed by atoms with E-state index >= 15 is 0 Å². The van der Waals surface area contributed by atoms with Crippen molar-refractivity contribution in [1.82, 2.24) is 0 Å². The molecule has 0 aromatic rings. The molecule has 13 heavy (non-hydrogen) atoms. The second-order valence-corrected chi connectivity index (χ2v) is 2.71. The molecule has 1 aliphatic carbocycles. The van der Waals surface area contributed by atoms with E-state index in [1.165, 1.54) is 7.11 Å². The Kier molecular flexibility index (Phi) is 3.71. The molecule has 0 fully saturated rings. The van der Waals surface area contributed by atoms with Crippen molar-refractivity contribution in [3.63, 3.8) is 0 Å². The quantitative estimate of drug-likeness (QED) is 0.385. The molecule has 0 radical (unpaired) electrons. The van der Waals surface area contributed by atoms with E-state index < -0.39 is 0 Å². The van der Waals surface area contributed by atoms with Crippen molar-refractivity contribution in [2.75, 3.05) is 13.1 Å². The number of methoxy groups -OCH3 is 1. The minimum atomic E-state index is -0.292. The lowest BCUT2D eigenvalue weighted by molar-refractivity contribution is -0.142. The summed E-state index contributed by atoms with van der Waals surface area (Å²) >= 11 is 5.41. The minimum Gasteiger partial charge on any atom is -0.468 e. The molecular formula is C9H10ClNO2. The zero-order valence-corrected chi connectivity index (χ0v) is 7.99. The van der Waals surface area contributed by atoms with E-state index in [1.807, 2.05) is 0 Å². The molecule has 0 aromatic heterocycles. The number of allylic oxidation sites excluding steroid dienone is 2. The summed E-state index contributed by atoms with van der Waals surface area (Å²) in [5.74, 6) is -0.559. The van der Waals surface area contributed by atoms with Gasteiger partial charge in [0.15, 0.2) is 0 Å². The van der Waals surface area contributed by atoms with Crippen molar-refractivity contribution in [2.24, 2.45) is 10.9 Å². The second kappa shape index (κ2) is 4.82. The van der Waals surface area contributed by atoms with Crippen LogP contribution >= 0.6 is 11.6 Å². The van der Waals surface area contributed by atoms with Crippen LogP contribution in [0.2, 0.25) is 0 Å². The zero-order chi connectivity index (χ0) is 9.68. The van der Waals surface area contributed by atoms with Crippen LogP contribution in [0.15, 0.2) is 29.3 Å². The zero-order valence-electron chi connectivity index (χ0n) is 7.24. The predicted molar refractivity (Wildman–Crippen MR) is 51.9 cm³/mol. The van der Waals surface area contributed by atoms with Gasteiger partial charge in [-0.3, -0.25) is 9.79 Å². The van der Waals surface area contributed by atoms with Crippen LogP contribution in [0.4, 0.5) is 0 Å². The number of carbonyl (C=O) groups is 1. The fourth-order valence-electron chi connectivity index (χ4n) is 0.992. The van der Waals surface area contributed by atoms with E-state index in [1.54, 1.807) is 24.3 Å². The third kappa shape index (κ3) is 2.70. The molecule has 0 spiro atoms. The van der Waals surface area contributed by atoms with Gasteiger partial charge >= 0.3 is 5.97 Å². The van der Waals surface area contributed by atoms with Gasteiger partial charge < -0.3 is 4.74 Å². The largest absolute Gasteiger partial charge is 0.468 e. The summed E-state index contributed by atoms with van der Waals surface area (Å²) in [5.41, 5.74) is 0.773. The number of nitrogens with zero attached hydrogens (tertiary/aromatic N) is 1. The highest BCUT2D eigenvalue weighted by Crippen LogP contribution is 2.09. The van der Waals surface area contributed by atoms with Crippen LogP contribution in [0.3, 0.4) is 0 Å². The van der Waals surface area contributed by atoms with E-state index in [0.717, 1.165) is 5.71 Å². The summed E-state index contributed by atoms with van der Waals surface area (Å²) in [6, 6.07) is 0.229. The average molecular weight is 200 g/mol. The van der Waals surface area contributed by atoms with Gasteiger partial charge in [-0.05, 0) is 12.2 Å². The van der Waals surface area contributed by atoms with Crippen LogP contribution in [-0.4, -0.2) is 24.8 Å². The SMILES string of the molecule is COC(=O)C1C=CC(=NCCl)C=C1. The number of hydrogen-bond acceptors (Lipinski definition) is 3. The maximum atomic E-state index is 11.0. The van der Waals surface area contributed by atoms with Crippen molar-refractivity contribution in [3.05, 3.63) is 24.3 Å². The Balaban J connectivity index is 2.63. The van der Waals surface area contributed by atoms with Gasteiger partial charge in [-0.15, -0.1) is 11.6 Å². The minimum absolute atomic E-state index is 0.229. The fraction of sp³-hybridized carbons (Fsp3) is 0.333. The molecule has 0 N–H and O–H groups in total. The molecular weight excluding hydrogens is 190 g/mol. The lowest BCUT2D eigenvalue weighted by Crippen LogP contribution is -2.14. The maximum absolute atomic E-state index is 11.0. The van der Waals surface area contributed by atoms with Crippen LogP contribution in [0.1, 0.15) is 0 Å². The Labute approximate surface area is 81.7 Å². The Hall–Kier alpha value is -1.09. The first-order valence-corrected chi connectivity index (χ1v) is 4.36. The number of esters is 1. The topological polar surface area (TPSA) is 38.7 Å². The van der Waals surface area contributed by atoms with Gasteiger partial charge in [-0.25, -0.2) is 0 Å². The predicted octanol–water partition coefficient (Wildman–Crippen LogP) is 1.54. The van der Waals surface area contributed by atoms with Crippen LogP contribution in [-0.2, 0) is 9.53 Å². The molecule has 1 aliphatic rings. The summed E-state index contributed by atoms with van der Waals surface area (Å²) in [5, 5.41) is 0. The van der Waals surface area contributed by atoms with E-state index in [4.69, 9.17) is 11.6 Å². The van der Waals surface area contributed by atoms with Gasteiger partial charge in [-0.1, -0.05) is 12.2 Å². The molecule has 0 saturated heterocycles. The van der Waals surface area contributed by atoms with Crippen LogP contribution in [0.5, 0.6) is 0 Å². The molecule has 0 aliphatic heterocycles. The average Bonchev–Trinajstić information content (AvgIpc) is 2.18. The van der Waals surface area contributed by atoms with E-state index in [9.17, 15) is 4.79 Å². The highest BCUT2D eigenvalue weighted by Gasteiger charge is 2.14. The lowest BCUT2D eigenvalue weighted by Gasteiger charge is -2.08. The number of halogens is 1. The molecule has 4 heteroatoms. The van der Waals surface area contributed by atoms with Gasteiger partial charge in [0.05, 0.1) is 18.7 Å². The van der Waals surface area contributed by atoms with E-state index in [2.05, 4.69) is 9.73 Å². The Morgan fingerprint density at radius 3 is 2.69 bits per heavy atom. The first kappa shape index (κ1) is 9.99. The van der Waals surface area contributed by atoms with Crippen LogP contribution in [0.25, 0.3) is 0 Å². The fourth-order valence-corrected chi connectivity index (χ4v) is 1.13. The third-order valence-corrected chi connectivity index (χ3v) is 1.78. The first-order chi connectivity index (χ1) is 6.27. The molecule has 1 rings (SSSR count). The van der Waals surface area contributed by atoms with Crippen molar-refractivity contribution in [3.8, 4) is 0 Å². The smallest absolute Gasteiger partial charge is 0.316 e. The van der Waals surface area contributed by atoms with Crippen molar-refractivity contribution >= 4 is 23.3 Å². The summed E-state index contributed by atoms with van der Waals surface area (Å²) < 4.78 is 4.58. The van der Waals surface area contributed by atoms with Gasteiger partial charge in [0.2, 0.25) is 0 Å². The Morgan fingerprint density at radius 2 is 2.23 bits per heavy atom. The molecule has 0 atom stereocenters. The number of rotatable bonds is 2. The van der Waals surface area contributed by atoms with Crippen LogP contribution < -0.4 is 0 Å². The molecule has 70 valence electrons. The van der Waals surface area contributed by atoms with Crippen molar-refractivity contribution < 1.29 is 9.53 Å².